The zero-order chi connectivity index (χ0) is 15.5. The summed E-state index contributed by atoms with van der Waals surface area (Å²) in [4.78, 5) is 10.4. The van der Waals surface area contributed by atoms with Gasteiger partial charge < -0.3 is 10.2 Å². The molecule has 0 fully saturated rings. The Balaban J connectivity index is 2.99. The first-order valence-electron chi connectivity index (χ1n) is 5.14. The summed E-state index contributed by atoms with van der Waals surface area (Å²) in [6, 6.07) is 2.87. The monoisotopic (exact) mass is 329 g/mol. The molecule has 112 valence electrons. The molecule has 6 nitrogen and oxygen atoms in total. The van der Waals surface area contributed by atoms with E-state index < -0.39 is 45.5 Å². The quantitative estimate of drug-likeness (QED) is 0.720. The molecule has 0 radical (unpaired) electrons. The molecule has 10 heteroatoms. The number of hydrogen-bond donors (Lipinski definition) is 3. The van der Waals surface area contributed by atoms with Crippen molar-refractivity contribution in [1.29, 1.82) is 0 Å². The van der Waals surface area contributed by atoms with Gasteiger partial charge in [-0.25, -0.2) is 26.7 Å². The third kappa shape index (κ3) is 4.10. The van der Waals surface area contributed by atoms with Crippen LogP contribution in [-0.2, 0) is 10.0 Å². The average Bonchev–Trinajstić information content (AvgIpc) is 2.35. The Bertz CT molecular complexity index is 608. The second kappa shape index (κ2) is 6.44. The Labute approximate surface area is 118 Å². The van der Waals surface area contributed by atoms with Gasteiger partial charge in [0.2, 0.25) is 10.0 Å². The number of aromatic carboxylic acids is 1. The van der Waals surface area contributed by atoms with E-state index >= 15 is 0 Å². The van der Waals surface area contributed by atoms with Gasteiger partial charge in [0.1, 0.15) is 6.10 Å². The van der Waals surface area contributed by atoms with Crippen LogP contribution in [0.4, 0.5) is 8.78 Å². The highest BCUT2D eigenvalue weighted by Crippen LogP contribution is 2.20. The molecule has 1 unspecified atom stereocenters. The third-order valence-corrected chi connectivity index (χ3v) is 4.00. The maximum atomic E-state index is 12.0. The predicted octanol–water partition coefficient (Wildman–Crippen LogP) is 0.942. The number of carboxylic acid groups (broad SMARTS) is 1. The minimum atomic E-state index is -4.23. The molecular weight excluding hydrogens is 320 g/mol. The molecule has 20 heavy (non-hydrogen) atoms. The van der Waals surface area contributed by atoms with Crippen molar-refractivity contribution in [2.24, 2.45) is 0 Å². The van der Waals surface area contributed by atoms with E-state index in [1.165, 1.54) is 0 Å². The normalized spacial score (nSPS) is 13.4. The lowest BCUT2D eigenvalue weighted by Crippen LogP contribution is -2.35. The summed E-state index contributed by atoms with van der Waals surface area (Å²) in [5.74, 6) is -1.43. The number of aliphatic hydroxyl groups excluding tert-OH is 1. The molecule has 0 aliphatic rings. The smallest absolute Gasteiger partial charge is 0.337 e. The molecule has 1 rings (SSSR count). The summed E-state index contributed by atoms with van der Waals surface area (Å²) in [6.45, 7) is -0.898. The molecule has 0 bridgehead atoms. The highest BCUT2D eigenvalue weighted by molar-refractivity contribution is 7.89. The summed E-state index contributed by atoms with van der Waals surface area (Å²) in [5, 5.41) is 17.5. The van der Waals surface area contributed by atoms with Crippen molar-refractivity contribution in [2.75, 3.05) is 6.54 Å². The van der Waals surface area contributed by atoms with E-state index in [4.69, 9.17) is 21.8 Å². The van der Waals surface area contributed by atoms with Crippen molar-refractivity contribution in [3.8, 4) is 0 Å². The van der Waals surface area contributed by atoms with Gasteiger partial charge in [0.25, 0.3) is 6.43 Å². The second-order valence-corrected chi connectivity index (χ2v) is 5.87. The Morgan fingerprint density at radius 3 is 2.50 bits per heavy atom. The third-order valence-electron chi connectivity index (χ3n) is 2.25. The molecule has 1 aromatic rings. The number of benzene rings is 1. The summed E-state index contributed by atoms with van der Waals surface area (Å²) in [7, 11) is -4.23. The molecule has 1 aromatic carbocycles. The molecule has 0 aromatic heterocycles. The molecule has 1 atom stereocenters. The van der Waals surface area contributed by atoms with Crippen LogP contribution in [0.25, 0.3) is 0 Å². The van der Waals surface area contributed by atoms with Gasteiger partial charge in [-0.3, -0.25) is 0 Å². The van der Waals surface area contributed by atoms with Crippen LogP contribution in [0.5, 0.6) is 0 Å². The Morgan fingerprint density at radius 1 is 1.40 bits per heavy atom. The van der Waals surface area contributed by atoms with E-state index in [1.54, 1.807) is 4.72 Å². The van der Waals surface area contributed by atoms with E-state index in [-0.39, 0.29) is 5.02 Å². The van der Waals surface area contributed by atoms with Crippen LogP contribution in [0.2, 0.25) is 5.02 Å². The molecule has 0 spiro atoms. The zero-order valence-electron chi connectivity index (χ0n) is 9.76. The van der Waals surface area contributed by atoms with Crippen LogP contribution >= 0.6 is 11.6 Å². The lowest BCUT2D eigenvalue weighted by atomic mass is 10.2. The Morgan fingerprint density at radius 2 is 2.00 bits per heavy atom. The fourth-order valence-corrected chi connectivity index (χ4v) is 2.48. The first-order valence-corrected chi connectivity index (χ1v) is 7.00. The average molecular weight is 330 g/mol. The van der Waals surface area contributed by atoms with Crippen LogP contribution in [0.1, 0.15) is 10.4 Å². The molecular formula is C10H10ClF2NO5S. The van der Waals surface area contributed by atoms with E-state index in [2.05, 4.69) is 0 Å². The first-order chi connectivity index (χ1) is 9.15. The van der Waals surface area contributed by atoms with Gasteiger partial charge in [0.15, 0.2) is 0 Å². The van der Waals surface area contributed by atoms with Crippen molar-refractivity contribution >= 4 is 27.6 Å². The predicted molar refractivity (Wildman–Crippen MR) is 65.6 cm³/mol. The van der Waals surface area contributed by atoms with E-state index in [0.717, 1.165) is 18.2 Å². The zero-order valence-corrected chi connectivity index (χ0v) is 11.3. The number of alkyl halides is 2. The maximum Gasteiger partial charge on any atom is 0.337 e. The van der Waals surface area contributed by atoms with E-state index in [1.807, 2.05) is 0 Å². The fraction of sp³-hybridized carbons (Fsp3) is 0.300. The molecule has 0 saturated carbocycles. The number of aliphatic hydroxyl groups is 1. The number of sulfonamides is 1. The minimum Gasteiger partial charge on any atom is -0.478 e. The molecule has 0 saturated heterocycles. The molecule has 0 amide bonds. The highest BCUT2D eigenvalue weighted by atomic mass is 35.5. The summed E-state index contributed by atoms with van der Waals surface area (Å²) >= 11 is 5.58. The minimum absolute atomic E-state index is 0.163. The molecule has 0 aliphatic heterocycles. The lowest BCUT2D eigenvalue weighted by Gasteiger charge is -2.11. The Kier molecular flexibility index (Phi) is 5.40. The SMILES string of the molecule is O=C(O)c1cc(S(=O)(=O)NCC(O)C(F)F)ccc1Cl. The van der Waals surface area contributed by atoms with Gasteiger partial charge >= 0.3 is 5.97 Å². The van der Waals surface area contributed by atoms with Gasteiger partial charge in [-0.1, -0.05) is 11.6 Å². The summed E-state index contributed by atoms with van der Waals surface area (Å²) in [6.07, 6.45) is -5.26. The van der Waals surface area contributed by atoms with Gasteiger partial charge in [-0.05, 0) is 18.2 Å². The van der Waals surface area contributed by atoms with Crippen molar-refractivity contribution in [3.05, 3.63) is 28.8 Å². The van der Waals surface area contributed by atoms with Gasteiger partial charge in [-0.15, -0.1) is 0 Å². The highest BCUT2D eigenvalue weighted by Gasteiger charge is 2.22. The number of carbonyl (C=O) groups is 1. The van der Waals surface area contributed by atoms with Crippen LogP contribution in [0.15, 0.2) is 23.1 Å². The number of nitrogens with one attached hydrogen (secondary N) is 1. The number of carboxylic acids is 1. The fourth-order valence-electron chi connectivity index (χ4n) is 1.20. The van der Waals surface area contributed by atoms with E-state index in [0.29, 0.717) is 0 Å². The topological polar surface area (TPSA) is 104 Å². The summed E-state index contributed by atoms with van der Waals surface area (Å²) in [5.41, 5.74) is -0.441. The van der Waals surface area contributed by atoms with Gasteiger partial charge in [0.05, 0.1) is 15.5 Å². The van der Waals surface area contributed by atoms with E-state index in [9.17, 15) is 22.0 Å². The lowest BCUT2D eigenvalue weighted by molar-refractivity contribution is -0.000451. The standard InChI is InChI=1S/C10H10ClF2NO5S/c11-7-2-1-5(3-6(7)10(16)17)20(18,19)14-4-8(15)9(12)13/h1-3,8-9,14-15H,4H2,(H,16,17). The van der Waals surface area contributed by atoms with Crippen LogP contribution in [0, 0.1) is 0 Å². The van der Waals surface area contributed by atoms with Crippen LogP contribution in [0.3, 0.4) is 0 Å². The van der Waals surface area contributed by atoms with Gasteiger partial charge in [-0.2, -0.15) is 0 Å². The first kappa shape index (κ1) is 16.8. The Hall–Kier alpha value is -1.29. The number of rotatable bonds is 6. The molecule has 3 N–H and O–H groups in total. The molecule has 0 aliphatic carbocycles. The van der Waals surface area contributed by atoms with Gasteiger partial charge in [0, 0.05) is 6.54 Å². The van der Waals surface area contributed by atoms with Crippen molar-refractivity contribution < 1.29 is 32.2 Å². The molecule has 0 heterocycles. The summed E-state index contributed by atoms with van der Waals surface area (Å²) < 4.78 is 49.3. The maximum absolute atomic E-state index is 12.0. The number of hydrogen-bond acceptors (Lipinski definition) is 4. The van der Waals surface area contributed by atoms with Crippen LogP contribution < -0.4 is 4.72 Å². The van der Waals surface area contributed by atoms with Crippen molar-refractivity contribution in [3.63, 3.8) is 0 Å². The largest absolute Gasteiger partial charge is 0.478 e. The number of halogens is 3. The van der Waals surface area contributed by atoms with Crippen LogP contribution in [-0.4, -0.2) is 43.7 Å². The van der Waals surface area contributed by atoms with Crippen molar-refractivity contribution in [2.45, 2.75) is 17.4 Å². The van der Waals surface area contributed by atoms with Crippen molar-refractivity contribution in [1.82, 2.24) is 4.72 Å². The second-order valence-electron chi connectivity index (χ2n) is 3.70.